The highest BCUT2D eigenvalue weighted by molar-refractivity contribution is 7.16. The molecule has 0 radical (unpaired) electrons. The maximum atomic E-state index is 12.2. The summed E-state index contributed by atoms with van der Waals surface area (Å²) in [5.41, 5.74) is 2.49. The van der Waals surface area contributed by atoms with E-state index in [1.807, 2.05) is 56.3 Å². The number of anilines is 2. The number of carbonyl (C=O) groups excluding carboxylic acids is 2. The van der Waals surface area contributed by atoms with Crippen molar-refractivity contribution in [2.24, 2.45) is 0 Å². The van der Waals surface area contributed by atoms with Crippen molar-refractivity contribution in [2.45, 2.75) is 20.3 Å². The van der Waals surface area contributed by atoms with Crippen LogP contribution < -0.4 is 20.7 Å². The Hall–Kier alpha value is -3.39. The molecule has 30 heavy (non-hydrogen) atoms. The monoisotopic (exact) mass is 424 g/mol. The number of amides is 3. The summed E-state index contributed by atoms with van der Waals surface area (Å²) in [6.07, 6.45) is 0.152. The van der Waals surface area contributed by atoms with Crippen LogP contribution >= 0.6 is 11.3 Å². The minimum absolute atomic E-state index is 0.152. The molecule has 1 heterocycles. The lowest BCUT2D eigenvalue weighted by atomic mass is 10.1. The average molecular weight is 425 g/mol. The zero-order valence-corrected chi connectivity index (χ0v) is 17.7. The smallest absolute Gasteiger partial charge is 0.319 e. The van der Waals surface area contributed by atoms with Crippen molar-refractivity contribution in [2.75, 3.05) is 23.8 Å². The van der Waals surface area contributed by atoms with Gasteiger partial charge in [-0.15, -0.1) is 11.3 Å². The summed E-state index contributed by atoms with van der Waals surface area (Å²) in [7, 11) is 0. The van der Waals surface area contributed by atoms with Gasteiger partial charge in [0.05, 0.1) is 12.3 Å². The van der Waals surface area contributed by atoms with E-state index < -0.39 is 0 Å². The third-order valence-electron chi connectivity index (χ3n) is 4.15. The molecule has 8 heteroatoms. The topological polar surface area (TPSA) is 92.3 Å². The Kier molecular flexibility index (Phi) is 7.40. The Balaban J connectivity index is 1.48. The van der Waals surface area contributed by atoms with Crippen molar-refractivity contribution in [1.82, 2.24) is 10.3 Å². The van der Waals surface area contributed by atoms with Crippen LogP contribution in [0.2, 0.25) is 0 Å². The van der Waals surface area contributed by atoms with Gasteiger partial charge < -0.3 is 20.7 Å². The van der Waals surface area contributed by atoms with E-state index in [0.717, 1.165) is 21.9 Å². The fourth-order valence-electron chi connectivity index (χ4n) is 2.76. The van der Waals surface area contributed by atoms with Gasteiger partial charge in [0, 0.05) is 29.1 Å². The van der Waals surface area contributed by atoms with E-state index >= 15 is 0 Å². The van der Waals surface area contributed by atoms with Crippen LogP contribution in [0, 0.1) is 6.92 Å². The number of nitrogens with one attached hydrogen (secondary N) is 3. The second-order valence-corrected chi connectivity index (χ2v) is 7.63. The molecule has 0 fully saturated rings. The molecule has 0 saturated heterocycles. The van der Waals surface area contributed by atoms with E-state index in [1.165, 1.54) is 11.3 Å². The van der Waals surface area contributed by atoms with Crippen LogP contribution in [0.3, 0.4) is 0 Å². The molecule has 0 aliphatic carbocycles. The molecule has 3 amide bonds. The van der Waals surface area contributed by atoms with Gasteiger partial charge >= 0.3 is 6.03 Å². The lowest BCUT2D eigenvalue weighted by Gasteiger charge is -2.07. The molecule has 2 aromatic carbocycles. The van der Waals surface area contributed by atoms with E-state index in [4.69, 9.17) is 4.74 Å². The van der Waals surface area contributed by atoms with E-state index in [9.17, 15) is 9.59 Å². The van der Waals surface area contributed by atoms with Crippen molar-refractivity contribution >= 4 is 34.1 Å². The first-order valence-electron chi connectivity index (χ1n) is 9.65. The van der Waals surface area contributed by atoms with Gasteiger partial charge in [-0.1, -0.05) is 18.2 Å². The van der Waals surface area contributed by atoms with Gasteiger partial charge in [-0.2, -0.15) is 0 Å². The number of carbonyl (C=O) groups is 2. The molecule has 0 saturated carbocycles. The number of para-hydroxylation sites is 1. The maximum Gasteiger partial charge on any atom is 0.319 e. The number of ether oxygens (including phenoxy) is 1. The largest absolute Gasteiger partial charge is 0.494 e. The first-order chi connectivity index (χ1) is 14.5. The van der Waals surface area contributed by atoms with E-state index in [1.54, 1.807) is 12.1 Å². The lowest BCUT2D eigenvalue weighted by molar-refractivity contribution is -0.116. The van der Waals surface area contributed by atoms with Crippen LogP contribution in [0.1, 0.15) is 18.2 Å². The minimum Gasteiger partial charge on any atom is -0.494 e. The van der Waals surface area contributed by atoms with Crippen LogP contribution in [0.15, 0.2) is 54.6 Å². The van der Waals surface area contributed by atoms with Crippen molar-refractivity contribution < 1.29 is 14.3 Å². The number of aryl methyl sites for hydroxylation is 1. The molecular weight excluding hydrogens is 400 g/mol. The molecule has 0 bridgehead atoms. The van der Waals surface area contributed by atoms with Gasteiger partial charge in [-0.25, -0.2) is 9.78 Å². The number of nitrogens with zero attached hydrogens (tertiary/aromatic N) is 1. The van der Waals surface area contributed by atoms with Crippen LogP contribution in [0.4, 0.5) is 15.6 Å². The van der Waals surface area contributed by atoms with Gasteiger partial charge in [-0.3, -0.25) is 4.79 Å². The highest BCUT2D eigenvalue weighted by Gasteiger charge is 2.12. The molecule has 0 aliphatic heterocycles. The Morgan fingerprint density at radius 3 is 2.47 bits per heavy atom. The number of urea groups is 1. The zero-order valence-electron chi connectivity index (χ0n) is 16.9. The predicted molar refractivity (Wildman–Crippen MR) is 120 cm³/mol. The second-order valence-electron chi connectivity index (χ2n) is 6.43. The first kappa shape index (κ1) is 21.3. The summed E-state index contributed by atoms with van der Waals surface area (Å²) in [4.78, 5) is 29.6. The lowest BCUT2D eigenvalue weighted by Crippen LogP contribution is -2.31. The number of aromatic nitrogens is 1. The van der Waals surface area contributed by atoms with Gasteiger partial charge in [0.1, 0.15) is 5.75 Å². The van der Waals surface area contributed by atoms with Gasteiger partial charge in [0.15, 0.2) is 5.13 Å². The average Bonchev–Trinajstić information content (AvgIpc) is 3.09. The Labute approximate surface area is 179 Å². The van der Waals surface area contributed by atoms with Gasteiger partial charge in [-0.05, 0) is 50.2 Å². The molecule has 7 nitrogen and oxygen atoms in total. The fraction of sp³-hybridized carbons (Fsp3) is 0.227. The normalized spacial score (nSPS) is 10.3. The molecule has 3 rings (SSSR count). The van der Waals surface area contributed by atoms with Crippen molar-refractivity contribution in [3.63, 3.8) is 0 Å². The SMILES string of the molecule is CCOc1ccc(-c2nc(NC(=O)CCNC(=O)Nc3ccccc3)sc2C)cc1. The zero-order chi connectivity index (χ0) is 21.3. The number of hydrogen-bond acceptors (Lipinski definition) is 5. The molecular formula is C22H24N4O3S. The third kappa shape index (κ3) is 6.05. The maximum absolute atomic E-state index is 12.2. The Morgan fingerprint density at radius 1 is 1.03 bits per heavy atom. The molecule has 0 unspecified atom stereocenters. The quantitative estimate of drug-likeness (QED) is 0.490. The molecule has 156 valence electrons. The fourth-order valence-corrected chi connectivity index (χ4v) is 3.61. The molecule has 1 aromatic heterocycles. The van der Waals surface area contributed by atoms with Crippen molar-refractivity contribution in [1.29, 1.82) is 0 Å². The molecule has 3 aromatic rings. The molecule has 0 atom stereocenters. The predicted octanol–water partition coefficient (Wildman–Crippen LogP) is 4.67. The van der Waals surface area contributed by atoms with E-state index in [-0.39, 0.29) is 24.9 Å². The molecule has 0 spiro atoms. The van der Waals surface area contributed by atoms with Crippen LogP contribution in [0.25, 0.3) is 11.3 Å². The third-order valence-corrected chi connectivity index (χ3v) is 5.04. The molecule has 3 N–H and O–H groups in total. The van der Waals surface area contributed by atoms with E-state index in [0.29, 0.717) is 17.4 Å². The number of benzene rings is 2. The minimum atomic E-state index is -0.350. The first-order valence-corrected chi connectivity index (χ1v) is 10.5. The number of hydrogen-bond donors (Lipinski definition) is 3. The second kappa shape index (κ2) is 10.4. The van der Waals surface area contributed by atoms with E-state index in [2.05, 4.69) is 20.9 Å². The van der Waals surface area contributed by atoms with Crippen molar-refractivity contribution in [3.8, 4) is 17.0 Å². The van der Waals surface area contributed by atoms with Crippen LogP contribution in [-0.2, 0) is 4.79 Å². The highest BCUT2D eigenvalue weighted by Crippen LogP contribution is 2.31. The van der Waals surface area contributed by atoms with Crippen LogP contribution in [0.5, 0.6) is 5.75 Å². The molecule has 0 aliphatic rings. The van der Waals surface area contributed by atoms with Gasteiger partial charge in [0.25, 0.3) is 0 Å². The number of thiazole rings is 1. The van der Waals surface area contributed by atoms with Crippen LogP contribution in [-0.4, -0.2) is 30.1 Å². The van der Waals surface area contributed by atoms with Crippen molar-refractivity contribution in [3.05, 3.63) is 59.5 Å². The summed E-state index contributed by atoms with van der Waals surface area (Å²) in [6, 6.07) is 16.5. The highest BCUT2D eigenvalue weighted by atomic mass is 32.1. The Bertz CT molecular complexity index is 987. The summed E-state index contributed by atoms with van der Waals surface area (Å²) >= 11 is 1.42. The summed E-state index contributed by atoms with van der Waals surface area (Å²) in [5, 5.41) is 8.71. The van der Waals surface area contributed by atoms with Gasteiger partial charge in [0.2, 0.25) is 5.91 Å². The Morgan fingerprint density at radius 2 is 1.77 bits per heavy atom. The number of rotatable bonds is 8. The summed E-state index contributed by atoms with van der Waals surface area (Å²) < 4.78 is 5.46. The standard InChI is InChI=1S/C22H24N4O3S/c1-3-29-18-11-9-16(10-12-18)20-15(2)30-22(26-20)25-19(27)13-14-23-21(28)24-17-7-5-4-6-8-17/h4-12H,3,13-14H2,1-2H3,(H2,23,24,28)(H,25,26,27). The summed E-state index contributed by atoms with van der Waals surface area (Å²) in [5.74, 6) is 0.605. The summed E-state index contributed by atoms with van der Waals surface area (Å²) in [6.45, 7) is 4.75.